The van der Waals surface area contributed by atoms with Crippen LogP contribution in [0.1, 0.15) is 20.8 Å². The van der Waals surface area contributed by atoms with Crippen LogP contribution in [0.25, 0.3) is 0 Å². The first-order valence-electron chi connectivity index (χ1n) is 5.27. The lowest BCUT2D eigenvalue weighted by Crippen LogP contribution is -2.43. The number of hydrogen-bond donors (Lipinski definition) is 2. The van der Waals surface area contributed by atoms with Crippen molar-refractivity contribution in [1.29, 1.82) is 0 Å². The maximum Gasteiger partial charge on any atom is 0.258 e. The molecule has 0 aliphatic carbocycles. The highest BCUT2D eigenvalue weighted by molar-refractivity contribution is 5.78. The second kappa shape index (κ2) is 5.03. The van der Waals surface area contributed by atoms with E-state index in [1.54, 1.807) is 0 Å². The van der Waals surface area contributed by atoms with Crippen molar-refractivity contribution in [2.75, 3.05) is 12.3 Å². The number of anilines is 1. The van der Waals surface area contributed by atoms with E-state index in [9.17, 15) is 9.18 Å². The van der Waals surface area contributed by atoms with Gasteiger partial charge in [0.25, 0.3) is 5.91 Å². The fourth-order valence-electron chi connectivity index (χ4n) is 1.27. The second-order valence-corrected chi connectivity index (χ2v) is 4.75. The zero-order chi connectivity index (χ0) is 13.1. The summed E-state index contributed by atoms with van der Waals surface area (Å²) in [5, 5.41) is 2.70. The van der Waals surface area contributed by atoms with E-state index in [1.807, 2.05) is 20.8 Å². The van der Waals surface area contributed by atoms with Crippen LogP contribution in [-0.4, -0.2) is 18.1 Å². The van der Waals surface area contributed by atoms with Crippen LogP contribution in [0.3, 0.4) is 0 Å². The summed E-state index contributed by atoms with van der Waals surface area (Å²) in [5.74, 6) is -0.981. The fraction of sp³-hybridized carbons (Fsp3) is 0.417. The van der Waals surface area contributed by atoms with Gasteiger partial charge in [0.2, 0.25) is 0 Å². The molecule has 0 aromatic heterocycles. The van der Waals surface area contributed by atoms with Gasteiger partial charge in [0.15, 0.2) is 18.2 Å². The van der Waals surface area contributed by atoms with Gasteiger partial charge in [-0.2, -0.15) is 0 Å². The molecular weight excluding hydrogens is 223 g/mol. The van der Waals surface area contributed by atoms with E-state index in [4.69, 9.17) is 10.5 Å². The van der Waals surface area contributed by atoms with Crippen LogP contribution < -0.4 is 15.8 Å². The largest absolute Gasteiger partial charge is 0.479 e. The van der Waals surface area contributed by atoms with Gasteiger partial charge < -0.3 is 15.8 Å². The van der Waals surface area contributed by atoms with Crippen LogP contribution in [0.4, 0.5) is 10.1 Å². The molecule has 17 heavy (non-hydrogen) atoms. The molecule has 1 aromatic rings. The van der Waals surface area contributed by atoms with Gasteiger partial charge in [-0.3, -0.25) is 4.79 Å². The van der Waals surface area contributed by atoms with Crippen LogP contribution in [0, 0.1) is 5.82 Å². The van der Waals surface area contributed by atoms with Crippen molar-refractivity contribution >= 4 is 11.6 Å². The normalized spacial score (nSPS) is 11.1. The van der Waals surface area contributed by atoms with Crippen LogP contribution >= 0.6 is 0 Å². The number of nitrogen functional groups attached to an aromatic ring is 1. The van der Waals surface area contributed by atoms with Crippen molar-refractivity contribution in [3.05, 3.63) is 24.0 Å². The van der Waals surface area contributed by atoms with Crippen molar-refractivity contribution in [2.24, 2.45) is 0 Å². The summed E-state index contributed by atoms with van der Waals surface area (Å²) in [6.07, 6.45) is 0. The Morgan fingerprint density at radius 2 is 2.12 bits per heavy atom. The first-order valence-corrected chi connectivity index (χ1v) is 5.27. The maximum absolute atomic E-state index is 13.3. The number of amides is 1. The zero-order valence-electron chi connectivity index (χ0n) is 10.2. The molecular formula is C12H17FN2O2. The number of nitrogens with one attached hydrogen (secondary N) is 1. The third-order valence-electron chi connectivity index (χ3n) is 1.86. The topological polar surface area (TPSA) is 64.3 Å². The summed E-state index contributed by atoms with van der Waals surface area (Å²) in [7, 11) is 0. The van der Waals surface area contributed by atoms with E-state index in [1.165, 1.54) is 18.2 Å². The average Bonchev–Trinajstić information content (AvgIpc) is 2.14. The van der Waals surface area contributed by atoms with Gasteiger partial charge in [0.05, 0.1) is 5.69 Å². The summed E-state index contributed by atoms with van der Waals surface area (Å²) in [5.41, 5.74) is 5.37. The summed E-state index contributed by atoms with van der Waals surface area (Å²) < 4.78 is 18.4. The predicted octanol–water partition coefficient (Wildman–Crippen LogP) is 1.70. The summed E-state index contributed by atoms with van der Waals surface area (Å²) >= 11 is 0. The third kappa shape index (κ3) is 4.30. The molecule has 1 rings (SSSR count). The Hall–Kier alpha value is -1.78. The molecule has 0 radical (unpaired) electrons. The molecule has 1 amide bonds. The SMILES string of the molecule is CC(C)(C)NC(=O)COc1c(N)cccc1F. The lowest BCUT2D eigenvalue weighted by Gasteiger charge is -2.20. The van der Waals surface area contributed by atoms with Crippen LogP contribution in [0.2, 0.25) is 0 Å². The van der Waals surface area contributed by atoms with Gasteiger partial charge >= 0.3 is 0 Å². The lowest BCUT2D eigenvalue weighted by molar-refractivity contribution is -0.124. The van der Waals surface area contributed by atoms with Crippen molar-refractivity contribution in [2.45, 2.75) is 26.3 Å². The number of para-hydroxylation sites is 1. The van der Waals surface area contributed by atoms with E-state index < -0.39 is 5.82 Å². The van der Waals surface area contributed by atoms with Crippen molar-refractivity contribution in [1.82, 2.24) is 5.32 Å². The molecule has 5 heteroatoms. The monoisotopic (exact) mass is 240 g/mol. The van der Waals surface area contributed by atoms with Gasteiger partial charge in [-0.1, -0.05) is 6.07 Å². The molecule has 0 saturated heterocycles. The molecule has 0 unspecified atom stereocenters. The Morgan fingerprint density at radius 1 is 1.47 bits per heavy atom. The average molecular weight is 240 g/mol. The highest BCUT2D eigenvalue weighted by atomic mass is 19.1. The number of ether oxygens (including phenoxy) is 1. The van der Waals surface area contributed by atoms with E-state index >= 15 is 0 Å². The first kappa shape index (κ1) is 13.3. The molecule has 0 atom stereocenters. The highest BCUT2D eigenvalue weighted by Crippen LogP contribution is 2.24. The number of rotatable bonds is 3. The Morgan fingerprint density at radius 3 is 2.65 bits per heavy atom. The van der Waals surface area contributed by atoms with Crippen molar-refractivity contribution in [3.63, 3.8) is 0 Å². The minimum Gasteiger partial charge on any atom is -0.479 e. The van der Waals surface area contributed by atoms with Gasteiger partial charge in [0.1, 0.15) is 0 Å². The van der Waals surface area contributed by atoms with Gasteiger partial charge in [-0.15, -0.1) is 0 Å². The number of benzene rings is 1. The zero-order valence-corrected chi connectivity index (χ0v) is 10.2. The van der Waals surface area contributed by atoms with Crippen molar-refractivity contribution < 1.29 is 13.9 Å². The minimum atomic E-state index is -0.575. The first-order chi connectivity index (χ1) is 7.79. The quantitative estimate of drug-likeness (QED) is 0.790. The molecule has 1 aromatic carbocycles. The van der Waals surface area contributed by atoms with Gasteiger partial charge in [0, 0.05) is 5.54 Å². The molecule has 0 saturated carbocycles. The Balaban J connectivity index is 2.59. The molecule has 0 aliphatic rings. The number of nitrogens with two attached hydrogens (primary N) is 1. The molecule has 0 bridgehead atoms. The van der Waals surface area contributed by atoms with Gasteiger partial charge in [-0.25, -0.2) is 4.39 Å². The number of carbonyl (C=O) groups excluding carboxylic acids is 1. The molecule has 4 nitrogen and oxygen atoms in total. The fourth-order valence-corrected chi connectivity index (χ4v) is 1.27. The summed E-state index contributed by atoms with van der Waals surface area (Å²) in [6.45, 7) is 5.29. The minimum absolute atomic E-state index is 0.0865. The second-order valence-electron chi connectivity index (χ2n) is 4.75. The van der Waals surface area contributed by atoms with E-state index in [2.05, 4.69) is 5.32 Å². The van der Waals surface area contributed by atoms with Crippen LogP contribution in [0.15, 0.2) is 18.2 Å². The van der Waals surface area contributed by atoms with Crippen molar-refractivity contribution in [3.8, 4) is 5.75 Å². The Labute approximate surface area is 100.0 Å². The van der Waals surface area contributed by atoms with E-state index in [0.717, 1.165) is 0 Å². The highest BCUT2D eigenvalue weighted by Gasteiger charge is 2.15. The molecule has 94 valence electrons. The molecule has 0 spiro atoms. The molecule has 0 aliphatic heterocycles. The molecule has 3 N–H and O–H groups in total. The Kier molecular flexibility index (Phi) is 3.93. The lowest BCUT2D eigenvalue weighted by atomic mass is 10.1. The maximum atomic E-state index is 13.3. The molecule has 0 fully saturated rings. The number of carbonyl (C=O) groups is 1. The van der Waals surface area contributed by atoms with Crippen LogP contribution in [0.5, 0.6) is 5.75 Å². The third-order valence-corrected chi connectivity index (χ3v) is 1.86. The molecule has 0 heterocycles. The summed E-state index contributed by atoms with van der Waals surface area (Å²) in [6, 6.07) is 4.22. The van der Waals surface area contributed by atoms with Gasteiger partial charge in [-0.05, 0) is 32.9 Å². The number of halogens is 1. The smallest absolute Gasteiger partial charge is 0.258 e. The number of hydrogen-bond acceptors (Lipinski definition) is 3. The van der Waals surface area contributed by atoms with E-state index in [-0.39, 0.29) is 29.5 Å². The standard InChI is InChI=1S/C12H17FN2O2/c1-12(2,3)15-10(16)7-17-11-8(13)5-4-6-9(11)14/h4-6H,7,14H2,1-3H3,(H,15,16). The van der Waals surface area contributed by atoms with Crippen LogP contribution in [-0.2, 0) is 4.79 Å². The Bertz CT molecular complexity index is 393. The summed E-state index contributed by atoms with van der Waals surface area (Å²) in [4.78, 5) is 11.5. The predicted molar refractivity (Wildman–Crippen MR) is 64.2 cm³/mol. The van der Waals surface area contributed by atoms with E-state index in [0.29, 0.717) is 0 Å².